The van der Waals surface area contributed by atoms with Gasteiger partial charge in [-0.1, -0.05) is 19.1 Å². The van der Waals surface area contributed by atoms with Crippen molar-refractivity contribution >= 4 is 0 Å². The summed E-state index contributed by atoms with van der Waals surface area (Å²) in [7, 11) is 0. The summed E-state index contributed by atoms with van der Waals surface area (Å²) in [6.07, 6.45) is 4.50. The molecule has 2 heterocycles. The van der Waals surface area contributed by atoms with Crippen LogP contribution in [0.25, 0.3) is 5.69 Å². The molecule has 2 atom stereocenters. The van der Waals surface area contributed by atoms with Gasteiger partial charge in [-0.3, -0.25) is 0 Å². The Labute approximate surface area is 125 Å². The molecule has 0 spiro atoms. The van der Waals surface area contributed by atoms with Crippen LogP contribution in [0.1, 0.15) is 24.5 Å². The van der Waals surface area contributed by atoms with Crippen LogP contribution in [0.5, 0.6) is 0 Å². The SMILES string of the molecule is Cc1cc(CNC2CCNCC2C)ccc1-n1cncn1. The topological polar surface area (TPSA) is 54.8 Å². The molecule has 5 heteroatoms. The van der Waals surface area contributed by atoms with Gasteiger partial charge >= 0.3 is 0 Å². The number of piperidine rings is 1. The van der Waals surface area contributed by atoms with Crippen molar-refractivity contribution in [1.82, 2.24) is 25.4 Å². The molecule has 0 radical (unpaired) electrons. The highest BCUT2D eigenvalue weighted by Gasteiger charge is 2.20. The van der Waals surface area contributed by atoms with E-state index < -0.39 is 0 Å². The van der Waals surface area contributed by atoms with E-state index in [4.69, 9.17) is 0 Å². The van der Waals surface area contributed by atoms with Crippen molar-refractivity contribution in [1.29, 1.82) is 0 Å². The summed E-state index contributed by atoms with van der Waals surface area (Å²) < 4.78 is 1.81. The number of rotatable bonds is 4. The van der Waals surface area contributed by atoms with Crippen LogP contribution in [0.2, 0.25) is 0 Å². The zero-order chi connectivity index (χ0) is 14.7. The predicted octanol–water partition coefficient (Wildman–Crippen LogP) is 1.66. The minimum Gasteiger partial charge on any atom is -0.316 e. The molecule has 1 saturated heterocycles. The van der Waals surface area contributed by atoms with E-state index in [9.17, 15) is 0 Å². The molecule has 1 aromatic heterocycles. The van der Waals surface area contributed by atoms with E-state index in [0.717, 1.165) is 25.3 Å². The van der Waals surface area contributed by atoms with E-state index >= 15 is 0 Å². The summed E-state index contributed by atoms with van der Waals surface area (Å²) in [6, 6.07) is 7.13. The van der Waals surface area contributed by atoms with Gasteiger partial charge in [0.05, 0.1) is 5.69 Å². The molecule has 0 aliphatic carbocycles. The van der Waals surface area contributed by atoms with Crippen molar-refractivity contribution in [3.8, 4) is 5.69 Å². The second-order valence-electron chi connectivity index (χ2n) is 5.92. The van der Waals surface area contributed by atoms with Crippen molar-refractivity contribution in [3.05, 3.63) is 42.0 Å². The van der Waals surface area contributed by atoms with Crippen LogP contribution in [-0.4, -0.2) is 33.9 Å². The summed E-state index contributed by atoms with van der Waals surface area (Å²) in [6.45, 7) is 7.58. The van der Waals surface area contributed by atoms with Gasteiger partial charge in [0.1, 0.15) is 12.7 Å². The van der Waals surface area contributed by atoms with E-state index in [1.165, 1.54) is 17.5 Å². The maximum Gasteiger partial charge on any atom is 0.138 e. The zero-order valence-electron chi connectivity index (χ0n) is 12.7. The molecule has 1 aromatic carbocycles. The predicted molar refractivity (Wildman–Crippen MR) is 83.4 cm³/mol. The number of aryl methyl sites for hydroxylation is 1. The second-order valence-corrected chi connectivity index (χ2v) is 5.92. The van der Waals surface area contributed by atoms with Gasteiger partial charge in [-0.15, -0.1) is 0 Å². The van der Waals surface area contributed by atoms with E-state index in [1.807, 2.05) is 0 Å². The lowest BCUT2D eigenvalue weighted by molar-refractivity contribution is 0.295. The van der Waals surface area contributed by atoms with Gasteiger partial charge in [-0.2, -0.15) is 5.10 Å². The average molecular weight is 285 g/mol. The summed E-state index contributed by atoms with van der Waals surface area (Å²) in [4.78, 5) is 4.00. The molecule has 0 saturated carbocycles. The highest BCUT2D eigenvalue weighted by atomic mass is 15.3. The Hall–Kier alpha value is -1.72. The fraction of sp³-hybridized carbons (Fsp3) is 0.500. The average Bonchev–Trinajstić information content (AvgIpc) is 3.00. The maximum atomic E-state index is 4.19. The number of aromatic nitrogens is 3. The van der Waals surface area contributed by atoms with Crippen molar-refractivity contribution < 1.29 is 0 Å². The van der Waals surface area contributed by atoms with Gasteiger partial charge in [0, 0.05) is 12.6 Å². The van der Waals surface area contributed by atoms with Gasteiger partial charge < -0.3 is 10.6 Å². The van der Waals surface area contributed by atoms with Crippen LogP contribution >= 0.6 is 0 Å². The molecule has 2 N–H and O–H groups in total. The lowest BCUT2D eigenvalue weighted by atomic mass is 9.95. The lowest BCUT2D eigenvalue weighted by Crippen LogP contribution is -2.46. The van der Waals surface area contributed by atoms with Crippen molar-refractivity contribution in [3.63, 3.8) is 0 Å². The smallest absolute Gasteiger partial charge is 0.138 e. The number of nitrogens with one attached hydrogen (secondary N) is 2. The maximum absolute atomic E-state index is 4.19. The third-order valence-electron chi connectivity index (χ3n) is 4.28. The third kappa shape index (κ3) is 3.31. The number of nitrogens with zero attached hydrogens (tertiary/aromatic N) is 3. The Kier molecular flexibility index (Phi) is 4.31. The molecule has 21 heavy (non-hydrogen) atoms. The fourth-order valence-corrected chi connectivity index (χ4v) is 2.98. The zero-order valence-corrected chi connectivity index (χ0v) is 12.7. The van der Waals surface area contributed by atoms with Gasteiger partial charge in [-0.05, 0) is 49.5 Å². The minimum absolute atomic E-state index is 0.613. The molecule has 3 rings (SSSR count). The fourth-order valence-electron chi connectivity index (χ4n) is 2.98. The normalized spacial score (nSPS) is 22.4. The Morgan fingerprint density at radius 2 is 2.33 bits per heavy atom. The van der Waals surface area contributed by atoms with Gasteiger partial charge in [0.2, 0.25) is 0 Å². The summed E-state index contributed by atoms with van der Waals surface area (Å²) in [5.41, 5.74) is 3.63. The van der Waals surface area contributed by atoms with Gasteiger partial charge in [0.25, 0.3) is 0 Å². The van der Waals surface area contributed by atoms with E-state index in [2.05, 4.69) is 52.8 Å². The summed E-state index contributed by atoms with van der Waals surface area (Å²) in [5, 5.41) is 11.3. The van der Waals surface area contributed by atoms with Crippen molar-refractivity contribution in [2.24, 2.45) is 5.92 Å². The first-order valence-corrected chi connectivity index (χ1v) is 7.62. The molecule has 1 aliphatic rings. The standard InChI is InChI=1S/C16H23N5/c1-12-7-14(3-4-16(12)21-11-18-10-20-21)9-19-15-5-6-17-8-13(15)2/h3-4,7,10-11,13,15,17,19H,5-6,8-9H2,1-2H3. The second kappa shape index (κ2) is 6.37. The van der Waals surface area contributed by atoms with Crippen LogP contribution in [0.15, 0.2) is 30.9 Å². The minimum atomic E-state index is 0.613. The number of benzene rings is 1. The molecular weight excluding hydrogens is 262 g/mol. The van der Waals surface area contributed by atoms with Gasteiger partial charge in [0.15, 0.2) is 0 Å². The third-order valence-corrected chi connectivity index (χ3v) is 4.28. The first kappa shape index (κ1) is 14.2. The molecule has 2 unspecified atom stereocenters. The molecule has 2 aromatic rings. The quantitative estimate of drug-likeness (QED) is 0.897. The van der Waals surface area contributed by atoms with Crippen molar-refractivity contribution in [2.75, 3.05) is 13.1 Å². The monoisotopic (exact) mass is 285 g/mol. The summed E-state index contributed by atoms with van der Waals surface area (Å²) >= 11 is 0. The Balaban J connectivity index is 1.65. The molecule has 1 fully saturated rings. The molecular formula is C16H23N5. The van der Waals surface area contributed by atoms with Crippen LogP contribution in [0.3, 0.4) is 0 Å². The van der Waals surface area contributed by atoms with Crippen LogP contribution in [-0.2, 0) is 6.54 Å². The molecule has 0 amide bonds. The lowest BCUT2D eigenvalue weighted by Gasteiger charge is -2.30. The van der Waals surface area contributed by atoms with Crippen LogP contribution < -0.4 is 10.6 Å². The number of hydrogen-bond acceptors (Lipinski definition) is 4. The molecule has 5 nitrogen and oxygen atoms in total. The molecule has 112 valence electrons. The van der Waals surface area contributed by atoms with E-state index in [-0.39, 0.29) is 0 Å². The highest BCUT2D eigenvalue weighted by Crippen LogP contribution is 2.16. The number of hydrogen-bond donors (Lipinski definition) is 2. The molecule has 1 aliphatic heterocycles. The Morgan fingerprint density at radius 3 is 3.05 bits per heavy atom. The Morgan fingerprint density at radius 1 is 1.43 bits per heavy atom. The highest BCUT2D eigenvalue weighted by molar-refractivity contribution is 5.41. The van der Waals surface area contributed by atoms with E-state index in [1.54, 1.807) is 17.3 Å². The summed E-state index contributed by atoms with van der Waals surface area (Å²) in [5.74, 6) is 0.689. The largest absolute Gasteiger partial charge is 0.316 e. The van der Waals surface area contributed by atoms with Crippen LogP contribution in [0, 0.1) is 12.8 Å². The first-order valence-electron chi connectivity index (χ1n) is 7.62. The van der Waals surface area contributed by atoms with E-state index in [0.29, 0.717) is 12.0 Å². The van der Waals surface area contributed by atoms with Crippen molar-refractivity contribution in [2.45, 2.75) is 32.9 Å². The molecule has 0 bridgehead atoms. The van der Waals surface area contributed by atoms with Gasteiger partial charge in [-0.25, -0.2) is 9.67 Å². The van der Waals surface area contributed by atoms with Crippen LogP contribution in [0.4, 0.5) is 0 Å². The first-order chi connectivity index (χ1) is 10.2. The Bertz CT molecular complexity index is 578.